The first-order valence-corrected chi connectivity index (χ1v) is 11.0. The Morgan fingerprint density at radius 2 is 1.58 bits per heavy atom. The Hall–Kier alpha value is -3.93. The van der Waals surface area contributed by atoms with Crippen LogP contribution in [0.25, 0.3) is 11.8 Å². The summed E-state index contributed by atoms with van der Waals surface area (Å²) in [5, 5.41) is 12.3. The summed E-state index contributed by atoms with van der Waals surface area (Å²) in [6.45, 7) is 10.6. The number of rotatable bonds is 6. The molecule has 4 aromatic rings. The second-order valence-electron chi connectivity index (χ2n) is 8.34. The quantitative estimate of drug-likeness (QED) is 0.414. The number of nitrogens with zero attached hydrogens (tertiary/aromatic N) is 4. The van der Waals surface area contributed by atoms with Crippen molar-refractivity contribution in [3.05, 3.63) is 100 Å². The molecule has 33 heavy (non-hydrogen) atoms. The molecule has 4 rings (SSSR count). The third-order valence-corrected chi connectivity index (χ3v) is 5.83. The number of para-hydroxylation sites is 1. The number of carbonyl (C=O) groups excluding carboxylic acids is 1. The van der Waals surface area contributed by atoms with Gasteiger partial charge in [0.25, 0.3) is 0 Å². The van der Waals surface area contributed by atoms with E-state index in [0.29, 0.717) is 6.54 Å². The van der Waals surface area contributed by atoms with Crippen LogP contribution in [0.2, 0.25) is 0 Å². The van der Waals surface area contributed by atoms with Crippen molar-refractivity contribution in [2.75, 3.05) is 5.32 Å². The Balaban J connectivity index is 1.50. The van der Waals surface area contributed by atoms with Crippen molar-refractivity contribution in [2.24, 2.45) is 0 Å². The molecule has 0 fully saturated rings. The highest BCUT2D eigenvalue weighted by Crippen LogP contribution is 2.23. The minimum atomic E-state index is -0.195. The van der Waals surface area contributed by atoms with Gasteiger partial charge in [0, 0.05) is 17.3 Å². The van der Waals surface area contributed by atoms with Gasteiger partial charge in [-0.25, -0.2) is 4.68 Å². The standard InChI is InChI=1S/C27H29N5O/c1-18-11-13-23(14-12-18)17-31-21(4)25(19(2)29-31)15-16-26(33)28-27-20(3)30-32(22(27)5)24-9-7-6-8-10-24/h6-16H,17H2,1-5H3,(H,28,33)/b16-15+. The molecule has 168 valence electrons. The summed E-state index contributed by atoms with van der Waals surface area (Å²) in [5.74, 6) is -0.195. The first kappa shape index (κ1) is 22.3. The lowest BCUT2D eigenvalue weighted by molar-refractivity contribution is -0.111. The molecule has 0 saturated carbocycles. The van der Waals surface area contributed by atoms with E-state index in [2.05, 4.69) is 46.7 Å². The first-order chi connectivity index (χ1) is 15.8. The topological polar surface area (TPSA) is 64.7 Å². The van der Waals surface area contributed by atoms with E-state index in [-0.39, 0.29) is 5.91 Å². The molecular weight excluding hydrogens is 410 g/mol. The fourth-order valence-corrected chi connectivity index (χ4v) is 3.94. The summed E-state index contributed by atoms with van der Waals surface area (Å²) in [7, 11) is 0. The maximum absolute atomic E-state index is 12.7. The van der Waals surface area contributed by atoms with Crippen LogP contribution < -0.4 is 5.32 Å². The molecule has 2 aromatic carbocycles. The van der Waals surface area contributed by atoms with E-state index in [1.807, 2.05) is 73.5 Å². The van der Waals surface area contributed by atoms with Crippen molar-refractivity contribution in [1.82, 2.24) is 19.6 Å². The van der Waals surface area contributed by atoms with Crippen LogP contribution >= 0.6 is 0 Å². The molecule has 1 N–H and O–H groups in total. The van der Waals surface area contributed by atoms with Gasteiger partial charge in [0.15, 0.2) is 0 Å². The molecule has 1 amide bonds. The van der Waals surface area contributed by atoms with Gasteiger partial charge in [-0.3, -0.25) is 9.48 Å². The van der Waals surface area contributed by atoms with Crippen molar-refractivity contribution in [1.29, 1.82) is 0 Å². The second-order valence-corrected chi connectivity index (χ2v) is 8.34. The lowest BCUT2D eigenvalue weighted by Crippen LogP contribution is -2.09. The zero-order valence-electron chi connectivity index (χ0n) is 19.8. The Bertz CT molecular complexity index is 1310. The largest absolute Gasteiger partial charge is 0.319 e. The van der Waals surface area contributed by atoms with Crippen molar-refractivity contribution in [3.8, 4) is 5.69 Å². The zero-order chi connectivity index (χ0) is 23.5. The van der Waals surface area contributed by atoms with Gasteiger partial charge in [-0.1, -0.05) is 48.0 Å². The van der Waals surface area contributed by atoms with Gasteiger partial charge < -0.3 is 5.32 Å². The van der Waals surface area contributed by atoms with Crippen LogP contribution in [0.4, 0.5) is 5.69 Å². The number of hydrogen-bond donors (Lipinski definition) is 1. The number of anilines is 1. The molecular formula is C27H29N5O. The fourth-order valence-electron chi connectivity index (χ4n) is 3.94. The van der Waals surface area contributed by atoms with Gasteiger partial charge in [0.1, 0.15) is 0 Å². The Morgan fingerprint density at radius 3 is 2.27 bits per heavy atom. The molecule has 0 spiro atoms. The Morgan fingerprint density at radius 1 is 0.879 bits per heavy atom. The summed E-state index contributed by atoms with van der Waals surface area (Å²) < 4.78 is 3.83. The van der Waals surface area contributed by atoms with E-state index in [9.17, 15) is 4.79 Å². The number of aryl methyl sites for hydroxylation is 3. The molecule has 0 radical (unpaired) electrons. The van der Waals surface area contributed by atoms with Crippen LogP contribution in [0.15, 0.2) is 60.7 Å². The Kier molecular flexibility index (Phi) is 6.27. The van der Waals surface area contributed by atoms with Crippen molar-refractivity contribution >= 4 is 17.7 Å². The maximum atomic E-state index is 12.7. The predicted octanol–water partition coefficient (Wildman–Crippen LogP) is 5.31. The van der Waals surface area contributed by atoms with E-state index in [1.165, 1.54) is 11.1 Å². The lowest BCUT2D eigenvalue weighted by Gasteiger charge is -2.06. The third kappa shape index (κ3) is 4.80. The van der Waals surface area contributed by atoms with Crippen LogP contribution in [0.1, 0.15) is 39.5 Å². The molecule has 0 aliphatic rings. The van der Waals surface area contributed by atoms with Crippen LogP contribution in [-0.2, 0) is 11.3 Å². The monoisotopic (exact) mass is 439 g/mol. The molecule has 0 atom stereocenters. The van der Waals surface area contributed by atoms with E-state index in [0.717, 1.165) is 39.7 Å². The first-order valence-electron chi connectivity index (χ1n) is 11.0. The SMILES string of the molecule is Cc1ccc(Cn2nc(C)c(/C=C/C(=O)Nc3c(C)nn(-c4ccccc4)c3C)c2C)cc1. The van der Waals surface area contributed by atoms with Crippen molar-refractivity contribution in [3.63, 3.8) is 0 Å². The van der Waals surface area contributed by atoms with Crippen molar-refractivity contribution in [2.45, 2.75) is 41.2 Å². The third-order valence-electron chi connectivity index (χ3n) is 5.83. The highest BCUT2D eigenvalue weighted by Gasteiger charge is 2.15. The van der Waals surface area contributed by atoms with E-state index >= 15 is 0 Å². The minimum Gasteiger partial charge on any atom is -0.319 e. The molecule has 0 aliphatic heterocycles. The van der Waals surface area contributed by atoms with Gasteiger partial charge in [-0.05, 0) is 58.4 Å². The summed E-state index contributed by atoms with van der Waals surface area (Å²) in [6, 6.07) is 18.3. The second kappa shape index (κ2) is 9.28. The maximum Gasteiger partial charge on any atom is 0.248 e. The predicted molar refractivity (Wildman–Crippen MR) is 133 cm³/mol. The average Bonchev–Trinajstić information content (AvgIpc) is 3.23. The molecule has 2 heterocycles. The smallest absolute Gasteiger partial charge is 0.248 e. The van der Waals surface area contributed by atoms with Crippen LogP contribution in [0.5, 0.6) is 0 Å². The number of nitrogens with one attached hydrogen (secondary N) is 1. The molecule has 2 aromatic heterocycles. The molecule has 6 nitrogen and oxygen atoms in total. The molecule has 6 heteroatoms. The van der Waals surface area contributed by atoms with Gasteiger partial charge in [-0.2, -0.15) is 10.2 Å². The fraction of sp³-hybridized carbons (Fsp3) is 0.222. The Labute approximate surface area is 194 Å². The number of aromatic nitrogens is 4. The summed E-state index contributed by atoms with van der Waals surface area (Å²) in [6.07, 6.45) is 3.40. The van der Waals surface area contributed by atoms with Gasteiger partial charge in [0.05, 0.1) is 35.0 Å². The molecule has 0 bridgehead atoms. The summed E-state index contributed by atoms with van der Waals surface area (Å²) in [5.41, 5.74) is 8.68. The number of amides is 1. The van der Waals surface area contributed by atoms with E-state index < -0.39 is 0 Å². The highest BCUT2D eigenvalue weighted by atomic mass is 16.1. The van der Waals surface area contributed by atoms with E-state index in [4.69, 9.17) is 0 Å². The number of hydrogen-bond acceptors (Lipinski definition) is 3. The minimum absolute atomic E-state index is 0.195. The van der Waals surface area contributed by atoms with Gasteiger partial charge in [-0.15, -0.1) is 0 Å². The molecule has 0 aliphatic carbocycles. The summed E-state index contributed by atoms with van der Waals surface area (Å²) >= 11 is 0. The summed E-state index contributed by atoms with van der Waals surface area (Å²) in [4.78, 5) is 12.7. The average molecular weight is 440 g/mol. The lowest BCUT2D eigenvalue weighted by atomic mass is 10.1. The number of benzene rings is 2. The van der Waals surface area contributed by atoms with Crippen molar-refractivity contribution < 1.29 is 4.79 Å². The van der Waals surface area contributed by atoms with Crippen LogP contribution in [-0.4, -0.2) is 25.5 Å². The normalized spacial score (nSPS) is 11.3. The van der Waals surface area contributed by atoms with Crippen LogP contribution in [0, 0.1) is 34.6 Å². The van der Waals surface area contributed by atoms with Crippen LogP contribution in [0.3, 0.4) is 0 Å². The van der Waals surface area contributed by atoms with E-state index in [1.54, 1.807) is 6.08 Å². The zero-order valence-corrected chi connectivity index (χ0v) is 19.8. The highest BCUT2D eigenvalue weighted by molar-refractivity contribution is 6.02. The molecule has 0 saturated heterocycles. The van der Waals surface area contributed by atoms with Gasteiger partial charge >= 0.3 is 0 Å². The number of carbonyl (C=O) groups is 1. The van der Waals surface area contributed by atoms with Gasteiger partial charge in [0.2, 0.25) is 5.91 Å². The molecule has 0 unspecified atom stereocenters.